The lowest BCUT2D eigenvalue weighted by Crippen LogP contribution is -2.30. The Morgan fingerprint density at radius 3 is 2.81 bits per heavy atom. The highest BCUT2D eigenvalue weighted by Gasteiger charge is 2.35. The fourth-order valence-electron chi connectivity index (χ4n) is 3.38. The van der Waals surface area contributed by atoms with Crippen LogP contribution in [0.3, 0.4) is 0 Å². The maximum atomic E-state index is 11.0. The first-order valence-electron chi connectivity index (χ1n) is 6.45. The summed E-state index contributed by atoms with van der Waals surface area (Å²) >= 11 is 0. The molecule has 0 heterocycles. The van der Waals surface area contributed by atoms with Crippen molar-refractivity contribution in [1.29, 1.82) is 0 Å². The minimum Gasteiger partial charge on any atom is -0.298 e. The summed E-state index contributed by atoms with van der Waals surface area (Å²) in [5.41, 5.74) is 3.90. The summed E-state index contributed by atoms with van der Waals surface area (Å²) in [6, 6.07) is 0. The van der Waals surface area contributed by atoms with Crippen molar-refractivity contribution in [2.45, 2.75) is 46.5 Å². The molecule has 3 atom stereocenters. The molecule has 2 aliphatic carbocycles. The van der Waals surface area contributed by atoms with Gasteiger partial charge >= 0.3 is 0 Å². The molecule has 1 fully saturated rings. The molecule has 0 saturated heterocycles. The molecule has 1 saturated carbocycles. The topological polar surface area (TPSA) is 17.1 Å². The van der Waals surface area contributed by atoms with Crippen molar-refractivity contribution in [3.05, 3.63) is 22.8 Å². The van der Waals surface area contributed by atoms with Crippen LogP contribution in [0.1, 0.15) is 46.5 Å². The highest BCUT2D eigenvalue weighted by Crippen LogP contribution is 2.45. The minimum atomic E-state index is 0.558. The Labute approximate surface area is 98.6 Å². The Balaban J connectivity index is 2.36. The van der Waals surface area contributed by atoms with Crippen LogP contribution in [0.2, 0.25) is 0 Å². The number of hydrogen-bond acceptors (Lipinski definition) is 1. The van der Waals surface area contributed by atoms with Gasteiger partial charge < -0.3 is 0 Å². The quantitative estimate of drug-likeness (QED) is 0.370. The number of carbonyl (C=O) groups excluding carboxylic acids is 1. The summed E-state index contributed by atoms with van der Waals surface area (Å²) < 4.78 is 0. The van der Waals surface area contributed by atoms with Gasteiger partial charge in [0.1, 0.15) is 6.29 Å². The standard InChI is InChI=1S/C15H22O/c1-10-4-6-13-11(2)5-7-14(12(3)9-16)15(13)8-10/h8-9,11,13,15H,4-7H2,1-3H3/t11-,13+,15-/m1/s1. The van der Waals surface area contributed by atoms with Gasteiger partial charge in [0.15, 0.2) is 0 Å². The monoisotopic (exact) mass is 218 g/mol. The van der Waals surface area contributed by atoms with Crippen LogP contribution in [0.5, 0.6) is 0 Å². The van der Waals surface area contributed by atoms with E-state index in [2.05, 4.69) is 19.9 Å². The number of rotatable bonds is 1. The van der Waals surface area contributed by atoms with Gasteiger partial charge in [-0.05, 0) is 56.9 Å². The largest absolute Gasteiger partial charge is 0.298 e. The molecule has 0 aromatic rings. The second kappa shape index (κ2) is 4.57. The van der Waals surface area contributed by atoms with Crippen molar-refractivity contribution >= 4 is 6.29 Å². The summed E-state index contributed by atoms with van der Waals surface area (Å²) in [5.74, 6) is 2.16. The lowest BCUT2D eigenvalue weighted by molar-refractivity contribution is -0.105. The molecule has 2 aliphatic rings. The van der Waals surface area contributed by atoms with E-state index in [-0.39, 0.29) is 0 Å². The molecule has 0 aromatic heterocycles. The Morgan fingerprint density at radius 1 is 1.38 bits per heavy atom. The highest BCUT2D eigenvalue weighted by atomic mass is 16.1. The van der Waals surface area contributed by atoms with Crippen LogP contribution >= 0.6 is 0 Å². The average molecular weight is 218 g/mol. The van der Waals surface area contributed by atoms with Crippen LogP contribution in [0, 0.1) is 17.8 Å². The summed E-state index contributed by atoms with van der Waals surface area (Å²) in [7, 11) is 0. The van der Waals surface area contributed by atoms with Crippen molar-refractivity contribution < 1.29 is 4.79 Å². The van der Waals surface area contributed by atoms with E-state index in [1.807, 2.05) is 6.92 Å². The molecule has 88 valence electrons. The van der Waals surface area contributed by atoms with Crippen molar-refractivity contribution in [3.63, 3.8) is 0 Å². The molecule has 0 aliphatic heterocycles. The number of fused-ring (bicyclic) bond motifs is 1. The van der Waals surface area contributed by atoms with Crippen LogP contribution in [0.4, 0.5) is 0 Å². The third-order valence-corrected chi connectivity index (χ3v) is 4.48. The number of allylic oxidation sites excluding steroid dienone is 4. The van der Waals surface area contributed by atoms with Crippen molar-refractivity contribution in [2.75, 3.05) is 0 Å². The SMILES string of the molecule is CC1=C[C@H]2C(=C(C)C=O)CC[C@@H](C)[C@@H]2CC1. The summed E-state index contributed by atoms with van der Waals surface area (Å²) in [6.07, 6.45) is 8.40. The molecule has 0 radical (unpaired) electrons. The first-order chi connectivity index (χ1) is 7.63. The van der Waals surface area contributed by atoms with E-state index >= 15 is 0 Å². The predicted molar refractivity (Wildman–Crippen MR) is 67.1 cm³/mol. The van der Waals surface area contributed by atoms with Crippen molar-refractivity contribution in [3.8, 4) is 0 Å². The predicted octanol–water partition coefficient (Wildman–Crippen LogP) is 3.90. The van der Waals surface area contributed by atoms with E-state index in [1.165, 1.54) is 30.4 Å². The van der Waals surface area contributed by atoms with E-state index < -0.39 is 0 Å². The van der Waals surface area contributed by atoms with E-state index in [1.54, 1.807) is 0 Å². The van der Waals surface area contributed by atoms with Crippen LogP contribution in [-0.2, 0) is 4.79 Å². The second-order valence-corrected chi connectivity index (χ2v) is 5.58. The Kier molecular flexibility index (Phi) is 3.32. The van der Waals surface area contributed by atoms with Gasteiger partial charge in [-0.15, -0.1) is 0 Å². The van der Waals surface area contributed by atoms with Gasteiger partial charge in [-0.2, -0.15) is 0 Å². The number of aldehydes is 1. The van der Waals surface area contributed by atoms with E-state index in [4.69, 9.17) is 0 Å². The number of carbonyl (C=O) groups is 1. The Hall–Kier alpha value is -0.850. The zero-order valence-corrected chi connectivity index (χ0v) is 10.6. The molecule has 0 amide bonds. The lowest BCUT2D eigenvalue weighted by atomic mass is 9.64. The van der Waals surface area contributed by atoms with Gasteiger partial charge in [-0.25, -0.2) is 0 Å². The summed E-state index contributed by atoms with van der Waals surface area (Å²) in [4.78, 5) is 11.0. The van der Waals surface area contributed by atoms with E-state index in [0.29, 0.717) is 5.92 Å². The van der Waals surface area contributed by atoms with Gasteiger partial charge in [0.05, 0.1) is 0 Å². The number of hydrogen-bond donors (Lipinski definition) is 0. The fourth-order valence-corrected chi connectivity index (χ4v) is 3.38. The molecule has 0 N–H and O–H groups in total. The third-order valence-electron chi connectivity index (χ3n) is 4.48. The maximum absolute atomic E-state index is 11.0. The smallest absolute Gasteiger partial charge is 0.145 e. The van der Waals surface area contributed by atoms with Gasteiger partial charge in [0, 0.05) is 5.92 Å². The Bertz CT molecular complexity index is 348. The zero-order chi connectivity index (χ0) is 11.7. The molecule has 16 heavy (non-hydrogen) atoms. The molecular formula is C15H22O. The second-order valence-electron chi connectivity index (χ2n) is 5.58. The van der Waals surface area contributed by atoms with Gasteiger partial charge in [0.2, 0.25) is 0 Å². The summed E-state index contributed by atoms with van der Waals surface area (Å²) in [5, 5.41) is 0. The zero-order valence-electron chi connectivity index (χ0n) is 10.6. The molecular weight excluding hydrogens is 196 g/mol. The average Bonchev–Trinajstić information content (AvgIpc) is 2.28. The van der Waals surface area contributed by atoms with E-state index in [9.17, 15) is 4.79 Å². The molecule has 1 nitrogen and oxygen atoms in total. The maximum Gasteiger partial charge on any atom is 0.145 e. The van der Waals surface area contributed by atoms with Crippen LogP contribution in [0.25, 0.3) is 0 Å². The molecule has 0 aromatic carbocycles. The van der Waals surface area contributed by atoms with Gasteiger partial charge in [0.25, 0.3) is 0 Å². The van der Waals surface area contributed by atoms with Crippen LogP contribution in [0.15, 0.2) is 22.8 Å². The van der Waals surface area contributed by atoms with Gasteiger partial charge in [-0.3, -0.25) is 4.79 Å². The summed E-state index contributed by atoms with van der Waals surface area (Å²) in [6.45, 7) is 6.58. The molecule has 0 bridgehead atoms. The van der Waals surface area contributed by atoms with Crippen LogP contribution in [-0.4, -0.2) is 6.29 Å². The van der Waals surface area contributed by atoms with Gasteiger partial charge in [-0.1, -0.05) is 24.1 Å². The normalized spacial score (nSPS) is 37.4. The molecule has 0 unspecified atom stereocenters. The molecule has 1 heteroatoms. The fraction of sp³-hybridized carbons (Fsp3) is 0.667. The van der Waals surface area contributed by atoms with E-state index in [0.717, 1.165) is 30.1 Å². The first kappa shape index (κ1) is 11.6. The third kappa shape index (κ3) is 2.00. The van der Waals surface area contributed by atoms with Crippen molar-refractivity contribution in [2.24, 2.45) is 17.8 Å². The molecule has 0 spiro atoms. The first-order valence-corrected chi connectivity index (χ1v) is 6.45. The Morgan fingerprint density at radius 2 is 2.12 bits per heavy atom. The van der Waals surface area contributed by atoms with Crippen LogP contribution < -0.4 is 0 Å². The minimum absolute atomic E-state index is 0.558. The lowest BCUT2D eigenvalue weighted by Gasteiger charge is -2.40. The van der Waals surface area contributed by atoms with Crippen molar-refractivity contribution in [1.82, 2.24) is 0 Å². The highest BCUT2D eigenvalue weighted by molar-refractivity contribution is 5.74. The molecule has 2 rings (SSSR count).